The van der Waals surface area contributed by atoms with Gasteiger partial charge in [0.2, 0.25) is 0 Å². The first-order valence-corrected chi connectivity index (χ1v) is 11.8. The first-order chi connectivity index (χ1) is 16.7. The molecule has 0 aliphatic carbocycles. The molecule has 6 rings (SSSR count). The van der Waals surface area contributed by atoms with Crippen molar-refractivity contribution >= 4 is 39.2 Å². The molecule has 3 aromatic carbocycles. The van der Waals surface area contributed by atoms with E-state index in [1.54, 1.807) is 16.5 Å². The molecule has 0 bridgehead atoms. The normalized spacial score (nSPS) is 13.8. The van der Waals surface area contributed by atoms with E-state index in [4.69, 9.17) is 0 Å². The minimum Gasteiger partial charge on any atom is -0.361 e. The predicted octanol–water partition coefficient (Wildman–Crippen LogP) is 5.63. The summed E-state index contributed by atoms with van der Waals surface area (Å²) in [4.78, 5) is 35.9. The van der Waals surface area contributed by atoms with Crippen LogP contribution in [0.3, 0.4) is 0 Å². The zero-order valence-electron chi connectivity index (χ0n) is 18.1. The summed E-state index contributed by atoms with van der Waals surface area (Å²) in [6.45, 7) is 0.371. The Hall–Kier alpha value is -4.23. The van der Waals surface area contributed by atoms with Gasteiger partial charge in [-0.05, 0) is 51.9 Å². The molecular weight excluding hydrogens is 444 g/mol. The van der Waals surface area contributed by atoms with E-state index < -0.39 is 6.04 Å². The molecule has 3 heterocycles. The van der Waals surface area contributed by atoms with Crippen molar-refractivity contribution in [2.45, 2.75) is 12.6 Å². The summed E-state index contributed by atoms with van der Waals surface area (Å²) in [5.41, 5.74) is 5.40. The van der Waals surface area contributed by atoms with Gasteiger partial charge in [-0.25, -0.2) is 4.98 Å². The van der Waals surface area contributed by atoms with Crippen LogP contribution in [0.15, 0.2) is 90.6 Å². The number of anilines is 1. The van der Waals surface area contributed by atoms with Crippen molar-refractivity contribution in [2.24, 2.45) is 0 Å². The van der Waals surface area contributed by atoms with Crippen molar-refractivity contribution in [1.29, 1.82) is 0 Å². The average molecular weight is 465 g/mol. The number of aromatic nitrogens is 2. The number of H-pyrrole nitrogens is 1. The van der Waals surface area contributed by atoms with Gasteiger partial charge in [-0.2, -0.15) is 0 Å². The Labute approximate surface area is 199 Å². The molecular formula is C27H20N4O2S. The van der Waals surface area contributed by atoms with Crippen LogP contribution in [0.25, 0.3) is 22.0 Å². The monoisotopic (exact) mass is 464 g/mol. The van der Waals surface area contributed by atoms with Crippen molar-refractivity contribution in [3.8, 4) is 11.1 Å². The molecule has 2 N–H and O–H groups in total. The van der Waals surface area contributed by atoms with E-state index in [-0.39, 0.29) is 11.8 Å². The van der Waals surface area contributed by atoms with E-state index in [1.165, 1.54) is 11.3 Å². The number of carbonyl (C=O) groups is 2. The molecule has 2 aromatic heterocycles. The molecule has 166 valence electrons. The summed E-state index contributed by atoms with van der Waals surface area (Å²) in [5, 5.41) is 6.30. The highest BCUT2D eigenvalue weighted by Gasteiger charge is 2.37. The summed E-state index contributed by atoms with van der Waals surface area (Å²) >= 11 is 1.35. The third-order valence-corrected chi connectivity index (χ3v) is 6.85. The number of fused-ring (bicyclic) bond motifs is 2. The van der Waals surface area contributed by atoms with Crippen LogP contribution in [0.1, 0.15) is 27.5 Å². The van der Waals surface area contributed by atoms with Crippen molar-refractivity contribution in [2.75, 3.05) is 5.32 Å². The molecule has 1 aliphatic heterocycles. The summed E-state index contributed by atoms with van der Waals surface area (Å²) in [6, 6.07) is 22.8. The maximum atomic E-state index is 13.6. The lowest BCUT2D eigenvalue weighted by Gasteiger charge is -2.27. The smallest absolute Gasteiger partial charge is 0.255 e. The highest BCUT2D eigenvalue weighted by molar-refractivity contribution is 7.13. The molecule has 0 spiro atoms. The van der Waals surface area contributed by atoms with Gasteiger partial charge in [0.1, 0.15) is 6.04 Å². The van der Waals surface area contributed by atoms with E-state index in [2.05, 4.69) is 21.4 Å². The minimum atomic E-state index is -0.760. The molecule has 6 nitrogen and oxygen atoms in total. The quantitative estimate of drug-likeness (QED) is 0.354. The molecule has 0 radical (unpaired) electrons. The number of carbonyl (C=O) groups excluding carboxylic acids is 2. The molecule has 34 heavy (non-hydrogen) atoms. The third kappa shape index (κ3) is 3.56. The van der Waals surface area contributed by atoms with Crippen LogP contribution in [0, 0.1) is 0 Å². The van der Waals surface area contributed by atoms with Crippen LogP contribution in [0.4, 0.5) is 5.13 Å². The Balaban J connectivity index is 1.35. The molecule has 0 fully saturated rings. The SMILES string of the molecule is O=C(Nc1nccs1)C(c1ccccc1)N1Cc2ccc(-c3ccc4[nH]ccc4c3)cc2C1=O. The standard InChI is InChI=1S/C27H20N4O2S/c32-25(30-27-29-12-13-34-27)24(17-4-2-1-3-5-17)31-16-21-7-6-19(15-22(21)26(31)33)18-8-9-23-20(14-18)10-11-28-23/h1-15,24,28H,16H2,(H,29,30,32). The molecule has 1 atom stereocenters. The molecule has 0 saturated heterocycles. The number of rotatable bonds is 5. The lowest BCUT2D eigenvalue weighted by molar-refractivity contribution is -0.120. The number of hydrogen-bond donors (Lipinski definition) is 2. The molecule has 7 heteroatoms. The highest BCUT2D eigenvalue weighted by atomic mass is 32.1. The average Bonchev–Trinajstić information content (AvgIpc) is 3.61. The second kappa shape index (κ2) is 8.28. The van der Waals surface area contributed by atoms with Crippen molar-refractivity contribution < 1.29 is 9.59 Å². The summed E-state index contributed by atoms with van der Waals surface area (Å²) in [6.07, 6.45) is 3.56. The van der Waals surface area contributed by atoms with Crippen molar-refractivity contribution in [1.82, 2.24) is 14.9 Å². The largest absolute Gasteiger partial charge is 0.361 e. The van der Waals surface area contributed by atoms with E-state index in [0.717, 1.165) is 33.2 Å². The van der Waals surface area contributed by atoms with Crippen LogP contribution in [-0.2, 0) is 11.3 Å². The zero-order chi connectivity index (χ0) is 23.1. The van der Waals surface area contributed by atoms with Gasteiger partial charge in [0, 0.05) is 35.4 Å². The van der Waals surface area contributed by atoms with Gasteiger partial charge in [0.15, 0.2) is 5.13 Å². The number of thiazole rings is 1. The Kier molecular flexibility index (Phi) is 4.96. The minimum absolute atomic E-state index is 0.150. The van der Waals surface area contributed by atoms with E-state index in [0.29, 0.717) is 17.2 Å². The van der Waals surface area contributed by atoms with E-state index in [9.17, 15) is 9.59 Å². The van der Waals surface area contributed by atoms with Gasteiger partial charge in [0.25, 0.3) is 11.8 Å². The van der Waals surface area contributed by atoms with E-state index >= 15 is 0 Å². The summed E-state index contributed by atoms with van der Waals surface area (Å²) in [7, 11) is 0. The number of nitrogens with one attached hydrogen (secondary N) is 2. The van der Waals surface area contributed by atoms with Crippen LogP contribution < -0.4 is 5.32 Å². The van der Waals surface area contributed by atoms with Gasteiger partial charge in [-0.15, -0.1) is 11.3 Å². The summed E-state index contributed by atoms with van der Waals surface area (Å²) in [5.74, 6) is -0.428. The maximum Gasteiger partial charge on any atom is 0.255 e. The fraction of sp³-hybridized carbons (Fsp3) is 0.0741. The summed E-state index contributed by atoms with van der Waals surface area (Å²) < 4.78 is 0. The van der Waals surface area contributed by atoms with Gasteiger partial charge in [-0.3, -0.25) is 14.9 Å². The Morgan fingerprint density at radius 2 is 1.85 bits per heavy atom. The third-order valence-electron chi connectivity index (χ3n) is 6.17. The highest BCUT2D eigenvalue weighted by Crippen LogP contribution is 2.35. The topological polar surface area (TPSA) is 78.1 Å². The first-order valence-electron chi connectivity index (χ1n) is 10.9. The lowest BCUT2D eigenvalue weighted by atomic mass is 9.99. The lowest BCUT2D eigenvalue weighted by Crippen LogP contribution is -2.37. The first kappa shape index (κ1) is 20.4. The Bertz CT molecular complexity index is 1510. The van der Waals surface area contributed by atoms with Gasteiger partial charge >= 0.3 is 0 Å². The number of aromatic amines is 1. The van der Waals surface area contributed by atoms with Crippen molar-refractivity contribution in [3.05, 3.63) is 107 Å². The second-order valence-electron chi connectivity index (χ2n) is 8.22. The Morgan fingerprint density at radius 3 is 2.68 bits per heavy atom. The zero-order valence-corrected chi connectivity index (χ0v) is 18.9. The van der Waals surface area contributed by atoms with Gasteiger partial charge < -0.3 is 9.88 Å². The van der Waals surface area contributed by atoms with Crippen molar-refractivity contribution in [3.63, 3.8) is 0 Å². The number of amides is 2. The second-order valence-corrected chi connectivity index (χ2v) is 9.12. The predicted molar refractivity (Wildman–Crippen MR) is 134 cm³/mol. The van der Waals surface area contributed by atoms with Crippen LogP contribution >= 0.6 is 11.3 Å². The Morgan fingerprint density at radius 1 is 1.03 bits per heavy atom. The van der Waals surface area contributed by atoms with E-state index in [1.807, 2.05) is 72.9 Å². The molecule has 0 saturated carbocycles. The fourth-order valence-electron chi connectivity index (χ4n) is 4.51. The molecule has 5 aromatic rings. The van der Waals surface area contributed by atoms with Crippen LogP contribution in [0.2, 0.25) is 0 Å². The van der Waals surface area contributed by atoms with Gasteiger partial charge in [-0.1, -0.05) is 48.5 Å². The number of nitrogens with zero attached hydrogens (tertiary/aromatic N) is 2. The molecule has 2 amide bonds. The molecule has 1 unspecified atom stereocenters. The van der Waals surface area contributed by atoms with Crippen LogP contribution in [0.5, 0.6) is 0 Å². The van der Waals surface area contributed by atoms with Gasteiger partial charge in [0.05, 0.1) is 0 Å². The fourth-order valence-corrected chi connectivity index (χ4v) is 5.04. The maximum absolute atomic E-state index is 13.6. The van der Waals surface area contributed by atoms with Crippen LogP contribution in [-0.4, -0.2) is 26.7 Å². The number of hydrogen-bond acceptors (Lipinski definition) is 4. The number of benzene rings is 3. The molecule has 1 aliphatic rings.